The molecular weight excluding hydrogens is 653 g/mol. The third kappa shape index (κ3) is 36.5. The minimum atomic E-state index is -4.37. The van der Waals surface area contributed by atoms with Crippen LogP contribution >= 0.6 is 7.82 Å². The zero-order valence-corrected chi connectivity index (χ0v) is 33.3. The number of hydrogen-bond donors (Lipinski definition) is 2. The largest absolute Gasteiger partial charge is 0.472 e. The van der Waals surface area contributed by atoms with Crippen LogP contribution < -0.4 is 5.73 Å². The summed E-state index contributed by atoms with van der Waals surface area (Å²) in [6.45, 7) is 3.72. The molecule has 0 saturated carbocycles. The maximum Gasteiger partial charge on any atom is 0.472 e. The molecule has 0 aromatic heterocycles. The van der Waals surface area contributed by atoms with Crippen molar-refractivity contribution in [3.8, 4) is 0 Å². The van der Waals surface area contributed by atoms with E-state index in [4.69, 9.17) is 24.3 Å². The van der Waals surface area contributed by atoms with Gasteiger partial charge in [0.15, 0.2) is 6.10 Å². The zero-order chi connectivity index (χ0) is 36.8. The molecule has 0 saturated heterocycles. The number of unbranched alkanes of at least 4 members (excludes halogenated alkanes) is 24. The molecular formula is C40H78NO8P. The summed E-state index contributed by atoms with van der Waals surface area (Å²) in [6, 6.07) is 0. The molecule has 0 aliphatic carbocycles. The first-order valence-corrected chi connectivity index (χ1v) is 22.2. The highest BCUT2D eigenvalue weighted by Crippen LogP contribution is 2.43. The monoisotopic (exact) mass is 732 g/mol. The maximum absolute atomic E-state index is 12.6. The Bertz CT molecular complexity index is 840. The van der Waals surface area contributed by atoms with E-state index in [9.17, 15) is 19.0 Å². The van der Waals surface area contributed by atoms with Crippen molar-refractivity contribution in [1.29, 1.82) is 0 Å². The summed E-state index contributed by atoms with van der Waals surface area (Å²) in [5.41, 5.74) is 5.34. The van der Waals surface area contributed by atoms with Gasteiger partial charge in [-0.2, -0.15) is 0 Å². The Kier molecular flexibility index (Phi) is 36.6. The normalized spacial score (nSPS) is 13.4. The second kappa shape index (κ2) is 37.5. The third-order valence-corrected chi connectivity index (χ3v) is 9.89. The topological polar surface area (TPSA) is 134 Å². The molecule has 0 radical (unpaired) electrons. The molecule has 0 bridgehead atoms. The van der Waals surface area contributed by atoms with Crippen LogP contribution in [0.1, 0.15) is 200 Å². The van der Waals surface area contributed by atoms with Crippen LogP contribution in [0.3, 0.4) is 0 Å². The second-order valence-corrected chi connectivity index (χ2v) is 15.3. The van der Waals surface area contributed by atoms with Gasteiger partial charge in [0.25, 0.3) is 0 Å². The SMILES string of the molecule is CCCCC/C=C/CCCCCCCC(=O)OC[C@H](COP(=O)(O)OCCN)OC(=O)CCCCCCCCCCCCCCCCCCC. The van der Waals surface area contributed by atoms with Crippen molar-refractivity contribution >= 4 is 19.8 Å². The summed E-state index contributed by atoms with van der Waals surface area (Å²) in [6.07, 6.45) is 36.7. The van der Waals surface area contributed by atoms with E-state index in [1.165, 1.54) is 116 Å². The molecule has 0 aromatic rings. The zero-order valence-electron chi connectivity index (χ0n) is 32.4. The molecule has 1 unspecified atom stereocenters. The van der Waals surface area contributed by atoms with Gasteiger partial charge in [-0.25, -0.2) is 4.57 Å². The Labute approximate surface area is 307 Å². The van der Waals surface area contributed by atoms with E-state index in [2.05, 4.69) is 26.0 Å². The number of carbonyl (C=O) groups is 2. The van der Waals surface area contributed by atoms with Crippen molar-refractivity contribution < 1.29 is 37.6 Å². The van der Waals surface area contributed by atoms with E-state index in [1.54, 1.807) is 0 Å². The average Bonchev–Trinajstić information content (AvgIpc) is 3.10. The van der Waals surface area contributed by atoms with Crippen molar-refractivity contribution in [2.75, 3.05) is 26.4 Å². The lowest BCUT2D eigenvalue weighted by Crippen LogP contribution is -2.29. The molecule has 0 aliphatic rings. The van der Waals surface area contributed by atoms with E-state index in [0.717, 1.165) is 51.4 Å². The molecule has 50 heavy (non-hydrogen) atoms. The van der Waals surface area contributed by atoms with Crippen molar-refractivity contribution in [1.82, 2.24) is 0 Å². The molecule has 296 valence electrons. The van der Waals surface area contributed by atoms with Gasteiger partial charge in [-0.15, -0.1) is 0 Å². The van der Waals surface area contributed by atoms with Gasteiger partial charge in [-0.1, -0.05) is 161 Å². The van der Waals surface area contributed by atoms with E-state index in [-0.39, 0.29) is 38.6 Å². The van der Waals surface area contributed by atoms with Gasteiger partial charge in [0.05, 0.1) is 13.2 Å². The Balaban J connectivity index is 4.14. The van der Waals surface area contributed by atoms with Gasteiger partial charge in [-0.05, 0) is 38.5 Å². The highest BCUT2D eigenvalue weighted by molar-refractivity contribution is 7.47. The standard InChI is InChI=1S/C40H78NO8P/c1-3-5-7-9-11-13-15-17-18-19-20-21-23-25-27-29-31-33-40(43)49-38(37-48-50(44,45)47-35-34-41)36-46-39(42)32-30-28-26-24-22-16-14-12-10-8-6-4-2/h12,14,38H,3-11,13,15-37,41H2,1-2H3,(H,44,45)/b14-12+/t38-/m1/s1. The van der Waals surface area contributed by atoms with Gasteiger partial charge in [-0.3, -0.25) is 18.6 Å². The van der Waals surface area contributed by atoms with Crippen molar-refractivity contribution in [2.45, 2.75) is 206 Å². The highest BCUT2D eigenvalue weighted by Gasteiger charge is 2.26. The number of hydrogen-bond acceptors (Lipinski definition) is 8. The summed E-state index contributed by atoms with van der Waals surface area (Å²) < 4.78 is 32.7. The molecule has 0 fully saturated rings. The molecule has 0 heterocycles. The number of phosphoric acid groups is 1. The van der Waals surface area contributed by atoms with E-state index < -0.39 is 26.5 Å². The first-order valence-electron chi connectivity index (χ1n) is 20.7. The lowest BCUT2D eigenvalue weighted by Gasteiger charge is -2.19. The summed E-state index contributed by atoms with van der Waals surface area (Å²) in [5, 5.41) is 0. The molecule has 0 aliphatic heterocycles. The average molecular weight is 732 g/mol. The quantitative estimate of drug-likeness (QED) is 0.0274. The number of nitrogens with two attached hydrogens (primary N) is 1. The van der Waals surface area contributed by atoms with Crippen LogP contribution in [0.15, 0.2) is 12.2 Å². The van der Waals surface area contributed by atoms with Gasteiger partial charge in [0.1, 0.15) is 6.61 Å². The third-order valence-electron chi connectivity index (χ3n) is 8.90. The second-order valence-electron chi connectivity index (χ2n) is 13.9. The fraction of sp³-hybridized carbons (Fsp3) is 0.900. The van der Waals surface area contributed by atoms with E-state index >= 15 is 0 Å². The number of esters is 2. The molecule has 3 N–H and O–H groups in total. The van der Waals surface area contributed by atoms with E-state index in [0.29, 0.717) is 6.42 Å². The first kappa shape index (κ1) is 48.8. The number of rotatable bonds is 39. The summed E-state index contributed by atoms with van der Waals surface area (Å²) in [7, 11) is -4.37. The lowest BCUT2D eigenvalue weighted by molar-refractivity contribution is -0.161. The van der Waals surface area contributed by atoms with Gasteiger partial charge in [0, 0.05) is 19.4 Å². The fourth-order valence-electron chi connectivity index (χ4n) is 5.81. The van der Waals surface area contributed by atoms with Crippen molar-refractivity contribution in [2.24, 2.45) is 5.73 Å². The number of carbonyl (C=O) groups excluding carboxylic acids is 2. The maximum atomic E-state index is 12.6. The summed E-state index contributed by atoms with van der Waals surface area (Å²) >= 11 is 0. The molecule has 2 atom stereocenters. The van der Waals surface area contributed by atoms with Crippen LogP contribution in [0, 0.1) is 0 Å². The van der Waals surface area contributed by atoms with Gasteiger partial charge in [0.2, 0.25) is 0 Å². The smallest absolute Gasteiger partial charge is 0.462 e. The molecule has 0 amide bonds. The molecule has 0 rings (SSSR count). The van der Waals surface area contributed by atoms with Crippen molar-refractivity contribution in [3.63, 3.8) is 0 Å². The predicted octanol–water partition coefficient (Wildman–Crippen LogP) is 11.4. The Morgan fingerprint density at radius 3 is 1.46 bits per heavy atom. The first-order chi connectivity index (χ1) is 24.3. The van der Waals surface area contributed by atoms with Gasteiger partial charge < -0.3 is 20.1 Å². The van der Waals surface area contributed by atoms with Crippen LogP contribution in [0.2, 0.25) is 0 Å². The number of allylic oxidation sites excluding steroid dienone is 2. The van der Waals surface area contributed by atoms with Crippen LogP contribution in [-0.2, 0) is 32.7 Å². The summed E-state index contributed by atoms with van der Waals surface area (Å²) in [5.74, 6) is -0.831. The molecule has 10 heteroatoms. The molecule has 0 spiro atoms. The number of ether oxygens (including phenoxy) is 2. The van der Waals surface area contributed by atoms with Crippen LogP contribution in [0.25, 0.3) is 0 Å². The fourth-order valence-corrected chi connectivity index (χ4v) is 6.57. The number of phosphoric ester groups is 1. The Hall–Kier alpha value is -1.25. The Morgan fingerprint density at radius 2 is 0.980 bits per heavy atom. The van der Waals surface area contributed by atoms with Gasteiger partial charge >= 0.3 is 19.8 Å². The van der Waals surface area contributed by atoms with E-state index in [1.807, 2.05) is 0 Å². The van der Waals surface area contributed by atoms with Crippen LogP contribution in [0.4, 0.5) is 0 Å². The van der Waals surface area contributed by atoms with Crippen LogP contribution in [-0.4, -0.2) is 49.3 Å². The molecule has 9 nitrogen and oxygen atoms in total. The summed E-state index contributed by atoms with van der Waals surface area (Å²) in [4.78, 5) is 34.8. The predicted molar refractivity (Wildman–Crippen MR) is 206 cm³/mol. The van der Waals surface area contributed by atoms with Crippen LogP contribution in [0.5, 0.6) is 0 Å². The molecule has 0 aromatic carbocycles. The highest BCUT2D eigenvalue weighted by atomic mass is 31.2. The lowest BCUT2D eigenvalue weighted by atomic mass is 10.0. The minimum Gasteiger partial charge on any atom is -0.462 e. The minimum absolute atomic E-state index is 0.0550. The Morgan fingerprint density at radius 1 is 0.580 bits per heavy atom. The van der Waals surface area contributed by atoms with Crippen molar-refractivity contribution in [3.05, 3.63) is 12.2 Å².